The van der Waals surface area contributed by atoms with E-state index >= 15 is 0 Å². The minimum absolute atomic E-state index is 0. The van der Waals surface area contributed by atoms with E-state index in [4.69, 9.17) is 23.2 Å². The van der Waals surface area contributed by atoms with Crippen LogP contribution in [0.3, 0.4) is 0 Å². The van der Waals surface area contributed by atoms with Crippen LogP contribution >= 0.6 is 23.2 Å². The van der Waals surface area contributed by atoms with E-state index in [0.717, 1.165) is 22.5 Å². The Balaban J connectivity index is 0.00000462. The van der Waals surface area contributed by atoms with E-state index in [1.807, 2.05) is 44.2 Å². The summed E-state index contributed by atoms with van der Waals surface area (Å²) in [6, 6.07) is 10.9. The first-order valence-electron chi connectivity index (χ1n) is 12.7. The summed E-state index contributed by atoms with van der Waals surface area (Å²) in [6.07, 6.45) is 6.36. The van der Waals surface area contributed by atoms with Gasteiger partial charge in [0.05, 0.1) is 15.5 Å². The van der Waals surface area contributed by atoms with Gasteiger partial charge in [-0.05, 0) is 68.7 Å². The van der Waals surface area contributed by atoms with Gasteiger partial charge in [0.15, 0.2) is 5.71 Å². The van der Waals surface area contributed by atoms with Gasteiger partial charge in [-0.25, -0.2) is 8.42 Å². The zero-order valence-electron chi connectivity index (χ0n) is 23.7. The maximum Gasteiger partial charge on any atom is 1.00 e. The van der Waals surface area contributed by atoms with Crippen LogP contribution in [0.15, 0.2) is 60.3 Å². The Morgan fingerprint density at radius 2 is 1.56 bits per heavy atom. The number of unbranched alkanes of at least 4 members (excludes halogenated alkanes) is 1. The van der Waals surface area contributed by atoms with Crippen molar-refractivity contribution in [2.45, 2.75) is 51.4 Å². The van der Waals surface area contributed by atoms with Crippen LogP contribution in [-0.4, -0.2) is 54.4 Å². The maximum absolute atomic E-state index is 11.9. The molecule has 0 aromatic heterocycles. The average molecular weight is 667 g/mol. The van der Waals surface area contributed by atoms with Gasteiger partial charge in [-0.15, -0.1) is 0 Å². The van der Waals surface area contributed by atoms with E-state index in [1.165, 1.54) is 0 Å². The third-order valence-corrected chi connectivity index (χ3v) is 9.38. The zero-order valence-corrected chi connectivity index (χ0v) is 30.0. The fraction of sp³-hybridized carbons (Fsp3) is 0.393. The van der Waals surface area contributed by atoms with Crippen LogP contribution in [0.2, 0.25) is 10.0 Å². The second-order valence-electron chi connectivity index (χ2n) is 11.1. The fourth-order valence-electron chi connectivity index (χ4n) is 5.62. The van der Waals surface area contributed by atoms with Crippen molar-refractivity contribution in [3.05, 3.63) is 81.5 Å². The molecule has 216 valence electrons. The molecule has 0 unspecified atom stereocenters. The molecule has 0 atom stereocenters. The largest absolute Gasteiger partial charge is 1.00 e. The monoisotopic (exact) mass is 665 g/mol. The second kappa shape index (κ2) is 12.8. The zero-order chi connectivity index (χ0) is 29.7. The first kappa shape index (κ1) is 34.9. The Hall–Kier alpha value is -0.574. The summed E-state index contributed by atoms with van der Waals surface area (Å²) >= 11 is 12.6. The number of hydrogen-bond donors (Lipinski definition) is 1. The second-order valence-corrected chi connectivity index (χ2v) is 14.9. The molecule has 0 bridgehead atoms. The van der Waals surface area contributed by atoms with Crippen LogP contribution in [0.1, 0.15) is 51.7 Å². The molecule has 2 heterocycles. The van der Waals surface area contributed by atoms with Crippen LogP contribution in [0.5, 0.6) is 0 Å². The van der Waals surface area contributed by atoms with Crippen LogP contribution in [0.25, 0.3) is 0 Å². The van der Waals surface area contributed by atoms with Crippen molar-refractivity contribution >= 4 is 60.5 Å². The molecule has 0 fully saturated rings. The van der Waals surface area contributed by atoms with Gasteiger partial charge >= 0.3 is 61.5 Å². The molecule has 41 heavy (non-hydrogen) atoms. The molecule has 2 aromatic rings. The first-order valence-corrected chi connectivity index (χ1v) is 16.7. The molecule has 0 saturated carbocycles. The minimum atomic E-state index is -4.34. The third kappa shape index (κ3) is 7.75. The molecular formula is C28H32Cl2KN2O6S2+. The first-order chi connectivity index (χ1) is 18.4. The summed E-state index contributed by atoms with van der Waals surface area (Å²) in [6.45, 7) is 8.56. The van der Waals surface area contributed by atoms with Crippen molar-refractivity contribution in [3.63, 3.8) is 0 Å². The molecule has 2 aromatic carbocycles. The van der Waals surface area contributed by atoms with E-state index in [2.05, 4.69) is 18.7 Å². The molecule has 0 saturated heterocycles. The number of rotatable bonds is 9. The summed E-state index contributed by atoms with van der Waals surface area (Å²) in [5.74, 6) is -1.02. The molecule has 0 aliphatic carbocycles. The van der Waals surface area contributed by atoms with Gasteiger partial charge in [0.2, 0.25) is 5.69 Å². The van der Waals surface area contributed by atoms with E-state index in [-0.39, 0.29) is 57.8 Å². The van der Waals surface area contributed by atoms with Gasteiger partial charge in [0.25, 0.3) is 5.88 Å². The molecule has 8 nitrogen and oxygen atoms in total. The number of benzene rings is 2. The van der Waals surface area contributed by atoms with Gasteiger partial charge in [-0.2, -0.15) is 13.0 Å². The molecule has 2 aliphatic heterocycles. The SMILES string of the molecule is CC1(C)C(/C=C/C=C2/N(CCCCS(=O)(=O)[O-])c3ccc(Cl)cc3C2(C)C)=[N+](CS(=O)(=O)O)c2ccc(Cl)cc21.[K+]. The van der Waals surface area contributed by atoms with Crippen molar-refractivity contribution in [2.75, 3.05) is 23.1 Å². The standard InChI is InChI=1S/C28H32Cl2N2O6S2.K/c1-27(2)21-16-19(29)10-12-23(21)31(14-5-6-15-39(33,34)35)25(27)8-7-9-26-28(3,4)22-17-20(30)11-13-24(22)32(26)18-40(36,37)38;/h7-13,16-17H,5-6,14-15,18H2,1-4H3,(H-,33,34,35,36,37,38);/q;+1. The van der Waals surface area contributed by atoms with E-state index in [1.54, 1.807) is 28.8 Å². The molecule has 2 aliphatic rings. The van der Waals surface area contributed by atoms with Crippen molar-refractivity contribution in [1.29, 1.82) is 0 Å². The Labute approximate surface area is 295 Å². The summed E-state index contributed by atoms with van der Waals surface area (Å²) in [7, 11) is -8.63. The number of anilines is 1. The quantitative estimate of drug-likeness (QED) is 0.189. The van der Waals surface area contributed by atoms with Gasteiger partial charge in [-0.1, -0.05) is 43.1 Å². The Bertz CT molecular complexity index is 1670. The van der Waals surface area contributed by atoms with Crippen molar-refractivity contribution in [2.24, 2.45) is 0 Å². The topological polar surface area (TPSA) is 118 Å². The van der Waals surface area contributed by atoms with E-state index < -0.39 is 42.7 Å². The Morgan fingerprint density at radius 1 is 0.951 bits per heavy atom. The summed E-state index contributed by atoms with van der Waals surface area (Å²) in [4.78, 5) is 2.10. The third-order valence-electron chi connectivity index (χ3n) is 7.53. The molecule has 0 amide bonds. The predicted octanol–water partition coefficient (Wildman–Crippen LogP) is 2.78. The summed E-state index contributed by atoms with van der Waals surface area (Å²) in [5.41, 5.74) is 4.00. The average Bonchev–Trinajstić information content (AvgIpc) is 3.14. The number of fused-ring (bicyclic) bond motifs is 2. The smallest absolute Gasteiger partial charge is 0.748 e. The molecule has 4 rings (SSSR count). The number of hydrogen-bond acceptors (Lipinski definition) is 6. The van der Waals surface area contributed by atoms with E-state index in [0.29, 0.717) is 34.4 Å². The van der Waals surface area contributed by atoms with Crippen LogP contribution < -0.4 is 56.3 Å². The summed E-state index contributed by atoms with van der Waals surface area (Å²) in [5, 5.41) is 1.12. The van der Waals surface area contributed by atoms with Crippen molar-refractivity contribution in [3.8, 4) is 0 Å². The van der Waals surface area contributed by atoms with Gasteiger partial charge in [0.1, 0.15) is 0 Å². The van der Waals surface area contributed by atoms with Gasteiger partial charge < -0.3 is 9.45 Å². The van der Waals surface area contributed by atoms with Crippen molar-refractivity contribution < 1.29 is 81.9 Å². The molecule has 0 spiro atoms. The molecule has 1 N–H and O–H groups in total. The normalized spacial score (nSPS) is 18.6. The van der Waals surface area contributed by atoms with Crippen LogP contribution in [0, 0.1) is 0 Å². The molecule has 0 radical (unpaired) electrons. The van der Waals surface area contributed by atoms with Gasteiger partial charge in [-0.3, -0.25) is 4.55 Å². The predicted molar refractivity (Wildman–Crippen MR) is 159 cm³/mol. The van der Waals surface area contributed by atoms with Crippen LogP contribution in [0.4, 0.5) is 11.4 Å². The number of allylic oxidation sites excluding steroid dienone is 4. The Kier molecular flexibility index (Phi) is 10.9. The van der Waals surface area contributed by atoms with Crippen LogP contribution in [-0.2, 0) is 31.1 Å². The fourth-order valence-corrected chi connectivity index (χ4v) is 7.12. The maximum atomic E-state index is 11.9. The minimum Gasteiger partial charge on any atom is -0.748 e. The number of halogens is 2. The van der Waals surface area contributed by atoms with Crippen molar-refractivity contribution in [1.82, 2.24) is 0 Å². The molecule has 13 heteroatoms. The Morgan fingerprint density at radius 3 is 2.17 bits per heavy atom. The van der Waals surface area contributed by atoms with Gasteiger partial charge in [0, 0.05) is 56.8 Å². The van der Waals surface area contributed by atoms with E-state index in [9.17, 15) is 25.9 Å². The molecular weight excluding hydrogens is 634 g/mol. The number of nitrogens with zero attached hydrogens (tertiary/aromatic N) is 2. The summed E-state index contributed by atoms with van der Waals surface area (Å²) < 4.78 is 68.4.